The van der Waals surface area contributed by atoms with Crippen molar-refractivity contribution in [3.8, 4) is 5.75 Å². The predicted octanol–water partition coefficient (Wildman–Crippen LogP) is 3.43. The normalized spacial score (nSPS) is 18.9. The third-order valence-corrected chi connectivity index (χ3v) is 4.93. The van der Waals surface area contributed by atoms with E-state index >= 15 is 0 Å². The Morgan fingerprint density at radius 3 is 2.73 bits per heavy atom. The van der Waals surface area contributed by atoms with Gasteiger partial charge in [-0.1, -0.05) is 30.3 Å². The summed E-state index contributed by atoms with van der Waals surface area (Å²) < 4.78 is 17.2. The Balaban J connectivity index is 1.69. The van der Waals surface area contributed by atoms with Crippen LogP contribution in [0, 0.1) is 0 Å². The maximum absolute atomic E-state index is 11.4. The molecule has 0 radical (unpaired) electrons. The highest BCUT2D eigenvalue weighted by atomic mass is 32.2. The molecular formula is C18H21NO2S. The van der Waals surface area contributed by atoms with Crippen LogP contribution in [0.25, 0.3) is 0 Å². The summed E-state index contributed by atoms with van der Waals surface area (Å²) in [5.41, 5.74) is 2.45. The smallest absolute Gasteiger partial charge is 0.124 e. The molecule has 22 heavy (non-hydrogen) atoms. The van der Waals surface area contributed by atoms with E-state index in [1.807, 2.05) is 36.4 Å². The van der Waals surface area contributed by atoms with E-state index in [9.17, 15) is 4.21 Å². The first kappa shape index (κ1) is 15.3. The maximum Gasteiger partial charge on any atom is 0.124 e. The lowest BCUT2D eigenvalue weighted by Crippen LogP contribution is -2.20. The highest BCUT2D eigenvalue weighted by Crippen LogP contribution is 2.31. The molecule has 3 nitrogen and oxygen atoms in total. The summed E-state index contributed by atoms with van der Waals surface area (Å²) in [7, 11) is -0.914. The second-order valence-corrected chi connectivity index (χ2v) is 6.94. The number of benzene rings is 2. The van der Waals surface area contributed by atoms with E-state index in [-0.39, 0.29) is 0 Å². The van der Waals surface area contributed by atoms with Gasteiger partial charge in [-0.15, -0.1) is 0 Å². The van der Waals surface area contributed by atoms with Gasteiger partial charge in [0.25, 0.3) is 0 Å². The van der Waals surface area contributed by atoms with Crippen molar-refractivity contribution in [1.82, 2.24) is 5.32 Å². The molecule has 0 fully saturated rings. The van der Waals surface area contributed by atoms with Crippen LogP contribution in [0.3, 0.4) is 0 Å². The summed E-state index contributed by atoms with van der Waals surface area (Å²) in [5.74, 6) is 0.995. The summed E-state index contributed by atoms with van der Waals surface area (Å²) in [6.07, 6.45) is 3.84. The van der Waals surface area contributed by atoms with Crippen molar-refractivity contribution in [3.05, 3.63) is 59.7 Å². The van der Waals surface area contributed by atoms with E-state index in [0.29, 0.717) is 6.04 Å². The second kappa shape index (κ2) is 7.07. The topological polar surface area (TPSA) is 38.3 Å². The van der Waals surface area contributed by atoms with Crippen LogP contribution in [0.15, 0.2) is 53.4 Å². The lowest BCUT2D eigenvalue weighted by molar-refractivity contribution is 0.315. The van der Waals surface area contributed by atoms with Crippen molar-refractivity contribution in [2.75, 3.05) is 12.9 Å². The molecule has 1 N–H and O–H groups in total. The molecule has 0 saturated heterocycles. The van der Waals surface area contributed by atoms with Crippen LogP contribution in [0.2, 0.25) is 0 Å². The van der Waals surface area contributed by atoms with E-state index in [1.54, 1.807) is 6.26 Å². The van der Waals surface area contributed by atoms with Gasteiger partial charge in [-0.3, -0.25) is 4.21 Å². The second-order valence-electron chi connectivity index (χ2n) is 5.56. The van der Waals surface area contributed by atoms with Crippen molar-refractivity contribution in [3.63, 3.8) is 0 Å². The molecule has 2 atom stereocenters. The maximum atomic E-state index is 11.4. The first-order chi connectivity index (χ1) is 10.7. The lowest BCUT2D eigenvalue weighted by Gasteiger charge is -2.18. The van der Waals surface area contributed by atoms with Gasteiger partial charge >= 0.3 is 0 Å². The average molecular weight is 315 g/mol. The highest BCUT2D eigenvalue weighted by Gasteiger charge is 2.18. The molecule has 0 amide bonds. The molecule has 0 aliphatic carbocycles. The van der Waals surface area contributed by atoms with E-state index in [4.69, 9.17) is 4.74 Å². The quantitative estimate of drug-likeness (QED) is 0.939. The van der Waals surface area contributed by atoms with Crippen molar-refractivity contribution in [2.45, 2.75) is 30.3 Å². The fourth-order valence-electron chi connectivity index (χ4n) is 2.78. The van der Waals surface area contributed by atoms with Crippen molar-refractivity contribution in [1.29, 1.82) is 0 Å². The SMILES string of the molecule is CS(=O)c1ccc(CNC2CCCOc3ccccc32)cc1. The van der Waals surface area contributed by atoms with E-state index < -0.39 is 10.8 Å². The van der Waals surface area contributed by atoms with Gasteiger partial charge in [-0.25, -0.2) is 0 Å². The summed E-state index contributed by atoms with van der Waals surface area (Å²) in [4.78, 5) is 0.872. The zero-order valence-electron chi connectivity index (χ0n) is 12.7. The number of rotatable bonds is 4. The first-order valence-electron chi connectivity index (χ1n) is 7.61. The van der Waals surface area contributed by atoms with Gasteiger partial charge in [-0.2, -0.15) is 0 Å². The molecule has 2 aromatic carbocycles. The van der Waals surface area contributed by atoms with Crippen molar-refractivity contribution < 1.29 is 8.95 Å². The lowest BCUT2D eigenvalue weighted by atomic mass is 10.0. The first-order valence-corrected chi connectivity index (χ1v) is 9.17. The van der Waals surface area contributed by atoms with Gasteiger partial charge < -0.3 is 10.1 Å². The minimum absolute atomic E-state index is 0.318. The number of hydrogen-bond acceptors (Lipinski definition) is 3. The molecule has 2 aromatic rings. The van der Waals surface area contributed by atoms with Crippen molar-refractivity contribution >= 4 is 10.8 Å². The Labute approximate surface area is 134 Å². The van der Waals surface area contributed by atoms with E-state index in [1.165, 1.54) is 11.1 Å². The molecule has 0 bridgehead atoms. The molecule has 4 heteroatoms. The van der Waals surface area contributed by atoms with E-state index in [2.05, 4.69) is 17.4 Å². The number of para-hydroxylation sites is 1. The summed E-state index contributed by atoms with van der Waals surface area (Å²) >= 11 is 0. The number of hydrogen-bond donors (Lipinski definition) is 1. The fourth-order valence-corrected chi connectivity index (χ4v) is 3.30. The molecule has 1 aliphatic heterocycles. The fraction of sp³-hybridized carbons (Fsp3) is 0.333. The highest BCUT2D eigenvalue weighted by molar-refractivity contribution is 7.84. The van der Waals surface area contributed by atoms with Crippen LogP contribution in [-0.2, 0) is 17.3 Å². The van der Waals surface area contributed by atoms with Crippen LogP contribution < -0.4 is 10.1 Å². The molecule has 1 heterocycles. The molecule has 0 aromatic heterocycles. The summed E-state index contributed by atoms with van der Waals surface area (Å²) in [6.45, 7) is 1.59. The zero-order valence-corrected chi connectivity index (χ0v) is 13.6. The van der Waals surface area contributed by atoms with Gasteiger partial charge in [-0.05, 0) is 36.6 Å². The number of nitrogens with one attached hydrogen (secondary N) is 1. The van der Waals surface area contributed by atoms with Gasteiger partial charge in [0.15, 0.2) is 0 Å². The minimum atomic E-state index is -0.914. The Morgan fingerprint density at radius 1 is 1.18 bits per heavy atom. The monoisotopic (exact) mass is 315 g/mol. The molecular weight excluding hydrogens is 294 g/mol. The molecule has 1 aliphatic rings. The van der Waals surface area contributed by atoms with Gasteiger partial charge in [0.2, 0.25) is 0 Å². The van der Waals surface area contributed by atoms with Crippen LogP contribution in [0.5, 0.6) is 5.75 Å². The van der Waals surface area contributed by atoms with Crippen molar-refractivity contribution in [2.24, 2.45) is 0 Å². The predicted molar refractivity (Wildman–Crippen MR) is 89.5 cm³/mol. The number of fused-ring (bicyclic) bond motifs is 1. The molecule has 0 spiro atoms. The Hall–Kier alpha value is -1.65. The molecule has 3 rings (SSSR count). The van der Waals surface area contributed by atoms with Crippen LogP contribution >= 0.6 is 0 Å². The van der Waals surface area contributed by atoms with Crippen LogP contribution in [-0.4, -0.2) is 17.1 Å². The average Bonchev–Trinajstić information content (AvgIpc) is 2.75. The molecule has 2 unspecified atom stereocenters. The zero-order chi connectivity index (χ0) is 15.4. The Kier molecular flexibility index (Phi) is 4.90. The minimum Gasteiger partial charge on any atom is -0.493 e. The third-order valence-electron chi connectivity index (χ3n) is 4.00. The Bertz CT molecular complexity index is 654. The summed E-state index contributed by atoms with van der Waals surface area (Å²) in [6, 6.07) is 16.6. The Morgan fingerprint density at radius 2 is 1.95 bits per heavy atom. The summed E-state index contributed by atoms with van der Waals surface area (Å²) in [5, 5.41) is 3.63. The standard InChI is InChI=1S/C18H21NO2S/c1-22(20)15-10-8-14(9-11-15)13-19-17-6-4-12-21-18-7-3-2-5-16(17)18/h2-3,5,7-11,17,19H,4,6,12-13H2,1H3. The third kappa shape index (κ3) is 3.57. The molecule has 116 valence electrons. The van der Waals surface area contributed by atoms with Crippen LogP contribution in [0.4, 0.5) is 0 Å². The molecule has 0 saturated carbocycles. The van der Waals surface area contributed by atoms with Gasteiger partial charge in [0.1, 0.15) is 5.75 Å². The van der Waals surface area contributed by atoms with Gasteiger partial charge in [0, 0.05) is 40.1 Å². The van der Waals surface area contributed by atoms with E-state index in [0.717, 1.165) is 36.6 Å². The van der Waals surface area contributed by atoms with Gasteiger partial charge in [0.05, 0.1) is 6.61 Å². The van der Waals surface area contributed by atoms with Crippen LogP contribution in [0.1, 0.15) is 30.0 Å². The largest absolute Gasteiger partial charge is 0.493 e. The number of ether oxygens (including phenoxy) is 1.